The van der Waals surface area contributed by atoms with Crippen molar-refractivity contribution in [3.8, 4) is 0 Å². The minimum atomic E-state index is -0.173. The Bertz CT molecular complexity index is 494. The van der Waals surface area contributed by atoms with E-state index in [1.165, 1.54) is 37.1 Å². The molecule has 1 aromatic carbocycles. The zero-order valence-corrected chi connectivity index (χ0v) is 11.4. The topological polar surface area (TPSA) is 49.6 Å². The Hall–Kier alpha value is -1.39. The monoisotopic (exact) mass is 259 g/mol. The zero-order chi connectivity index (χ0) is 13.4. The van der Waals surface area contributed by atoms with Gasteiger partial charge in [0.1, 0.15) is 6.29 Å². The maximum absolute atomic E-state index is 11.3. The number of nitrogen functional groups attached to an aromatic ring is 1. The van der Waals surface area contributed by atoms with Gasteiger partial charge in [-0.15, -0.1) is 0 Å². The number of anilines is 1. The molecule has 1 unspecified atom stereocenters. The van der Waals surface area contributed by atoms with Gasteiger partial charge in [0, 0.05) is 24.3 Å². The second-order valence-electron chi connectivity index (χ2n) is 5.69. The summed E-state index contributed by atoms with van der Waals surface area (Å²) in [6.45, 7) is 4.19. The summed E-state index contributed by atoms with van der Waals surface area (Å²) in [5, 5.41) is 0. The smallest absolute Gasteiger partial charge is 0.141 e. The predicted molar refractivity (Wildman–Crippen MR) is 75.6 cm³/mol. The lowest BCUT2D eigenvalue weighted by Gasteiger charge is -2.18. The standard InChI is InChI=1S/C15H21N3O/c1-17-9-12-11(8-18-6-2-3-7-18)4-5-13(16)15(12)14(17)10-19/h4-5,10,14H,2-3,6-9,16H2,1H3. The van der Waals surface area contributed by atoms with Crippen LogP contribution in [0.5, 0.6) is 0 Å². The molecular weight excluding hydrogens is 238 g/mol. The highest BCUT2D eigenvalue weighted by Gasteiger charge is 2.31. The summed E-state index contributed by atoms with van der Waals surface area (Å²) in [7, 11) is 1.98. The molecule has 0 radical (unpaired) electrons. The van der Waals surface area contributed by atoms with Gasteiger partial charge in [0.25, 0.3) is 0 Å². The van der Waals surface area contributed by atoms with Crippen LogP contribution < -0.4 is 5.73 Å². The van der Waals surface area contributed by atoms with Crippen LogP contribution in [0.1, 0.15) is 35.6 Å². The van der Waals surface area contributed by atoms with Gasteiger partial charge in [-0.2, -0.15) is 0 Å². The molecule has 19 heavy (non-hydrogen) atoms. The van der Waals surface area contributed by atoms with E-state index in [4.69, 9.17) is 5.73 Å². The Labute approximate surface area is 114 Å². The molecular formula is C15H21N3O. The van der Waals surface area contributed by atoms with Crippen molar-refractivity contribution < 1.29 is 4.79 Å². The van der Waals surface area contributed by atoms with Gasteiger partial charge in [-0.1, -0.05) is 6.07 Å². The summed E-state index contributed by atoms with van der Waals surface area (Å²) in [5.74, 6) is 0. The summed E-state index contributed by atoms with van der Waals surface area (Å²) >= 11 is 0. The van der Waals surface area contributed by atoms with Gasteiger partial charge in [0.2, 0.25) is 0 Å². The van der Waals surface area contributed by atoms with E-state index in [0.29, 0.717) is 0 Å². The molecule has 0 aliphatic carbocycles. The van der Waals surface area contributed by atoms with Crippen LogP contribution in [-0.4, -0.2) is 36.2 Å². The van der Waals surface area contributed by atoms with Crippen molar-refractivity contribution in [2.75, 3.05) is 25.9 Å². The quantitative estimate of drug-likeness (QED) is 0.661. The molecule has 3 rings (SSSR count). The first kappa shape index (κ1) is 12.6. The van der Waals surface area contributed by atoms with E-state index in [9.17, 15) is 4.79 Å². The molecule has 0 bridgehead atoms. The predicted octanol–water partition coefficient (Wildman–Crippen LogP) is 1.55. The van der Waals surface area contributed by atoms with E-state index in [1.807, 2.05) is 13.1 Å². The Morgan fingerprint density at radius 3 is 2.79 bits per heavy atom. The van der Waals surface area contributed by atoms with Crippen molar-refractivity contribution in [1.82, 2.24) is 9.80 Å². The van der Waals surface area contributed by atoms with Gasteiger partial charge in [0.15, 0.2) is 0 Å². The number of fused-ring (bicyclic) bond motifs is 1. The molecule has 102 valence electrons. The van der Waals surface area contributed by atoms with E-state index in [1.54, 1.807) is 0 Å². The molecule has 1 saturated heterocycles. The normalized spacial score (nSPS) is 23.7. The van der Waals surface area contributed by atoms with E-state index in [2.05, 4.69) is 15.9 Å². The summed E-state index contributed by atoms with van der Waals surface area (Å²) in [5.41, 5.74) is 10.5. The number of carbonyl (C=O) groups is 1. The third-order valence-electron chi connectivity index (χ3n) is 4.39. The second kappa shape index (κ2) is 4.94. The van der Waals surface area contributed by atoms with Crippen molar-refractivity contribution in [2.45, 2.75) is 32.0 Å². The van der Waals surface area contributed by atoms with Crippen LogP contribution in [-0.2, 0) is 17.9 Å². The van der Waals surface area contributed by atoms with Crippen LogP contribution in [0.25, 0.3) is 0 Å². The summed E-state index contributed by atoms with van der Waals surface area (Å²) in [4.78, 5) is 15.8. The molecule has 0 spiro atoms. The van der Waals surface area contributed by atoms with E-state index in [-0.39, 0.29) is 6.04 Å². The number of likely N-dealkylation sites (tertiary alicyclic amines) is 1. The third kappa shape index (κ3) is 2.15. The Kier molecular flexibility index (Phi) is 3.29. The van der Waals surface area contributed by atoms with E-state index in [0.717, 1.165) is 30.6 Å². The molecule has 0 amide bonds. The van der Waals surface area contributed by atoms with Crippen molar-refractivity contribution in [3.63, 3.8) is 0 Å². The molecule has 1 aromatic rings. The number of rotatable bonds is 3. The number of hydrogen-bond acceptors (Lipinski definition) is 4. The Balaban J connectivity index is 1.95. The Morgan fingerprint density at radius 1 is 1.37 bits per heavy atom. The highest BCUT2D eigenvalue weighted by molar-refractivity contribution is 5.71. The first-order valence-corrected chi connectivity index (χ1v) is 6.98. The maximum Gasteiger partial charge on any atom is 0.141 e. The van der Waals surface area contributed by atoms with Gasteiger partial charge >= 0.3 is 0 Å². The molecule has 0 aromatic heterocycles. The zero-order valence-electron chi connectivity index (χ0n) is 11.4. The van der Waals surface area contributed by atoms with Crippen molar-refractivity contribution in [3.05, 3.63) is 28.8 Å². The number of hydrogen-bond donors (Lipinski definition) is 1. The van der Waals surface area contributed by atoms with Crippen molar-refractivity contribution in [1.29, 1.82) is 0 Å². The fraction of sp³-hybridized carbons (Fsp3) is 0.533. The van der Waals surface area contributed by atoms with Crippen LogP contribution in [0.4, 0.5) is 5.69 Å². The first-order chi connectivity index (χ1) is 9.20. The summed E-state index contributed by atoms with van der Waals surface area (Å²) in [6.07, 6.45) is 3.60. The maximum atomic E-state index is 11.3. The lowest BCUT2D eigenvalue weighted by Crippen LogP contribution is -2.19. The van der Waals surface area contributed by atoms with Gasteiger partial charge in [0.05, 0.1) is 6.04 Å². The highest BCUT2D eigenvalue weighted by atomic mass is 16.1. The fourth-order valence-electron chi connectivity index (χ4n) is 3.33. The molecule has 4 heteroatoms. The van der Waals surface area contributed by atoms with Crippen LogP contribution >= 0.6 is 0 Å². The molecule has 4 nitrogen and oxygen atoms in total. The number of likely N-dealkylation sites (N-methyl/N-ethyl adjacent to an activating group) is 1. The largest absolute Gasteiger partial charge is 0.398 e. The lowest BCUT2D eigenvalue weighted by molar-refractivity contribution is -0.111. The summed E-state index contributed by atoms with van der Waals surface area (Å²) in [6, 6.07) is 3.92. The number of nitrogens with two attached hydrogens (primary N) is 1. The number of benzene rings is 1. The van der Waals surface area contributed by atoms with Crippen LogP contribution in [0.3, 0.4) is 0 Å². The number of carbonyl (C=O) groups excluding carboxylic acids is 1. The molecule has 0 saturated carbocycles. The molecule has 1 fully saturated rings. The third-order valence-corrected chi connectivity index (χ3v) is 4.39. The van der Waals surface area contributed by atoms with Gasteiger partial charge in [-0.05, 0) is 50.2 Å². The van der Waals surface area contributed by atoms with Crippen molar-refractivity contribution >= 4 is 12.0 Å². The van der Waals surface area contributed by atoms with Crippen LogP contribution in [0.15, 0.2) is 12.1 Å². The second-order valence-corrected chi connectivity index (χ2v) is 5.69. The molecule has 2 aliphatic heterocycles. The molecule has 2 heterocycles. The molecule has 1 atom stereocenters. The van der Waals surface area contributed by atoms with E-state index < -0.39 is 0 Å². The number of nitrogens with zero attached hydrogens (tertiary/aromatic N) is 2. The minimum absolute atomic E-state index is 0.173. The minimum Gasteiger partial charge on any atom is -0.398 e. The molecule has 2 aliphatic rings. The fourth-order valence-corrected chi connectivity index (χ4v) is 3.33. The van der Waals surface area contributed by atoms with E-state index >= 15 is 0 Å². The number of aldehydes is 1. The first-order valence-electron chi connectivity index (χ1n) is 6.98. The SMILES string of the molecule is CN1Cc2c(CN3CCCC3)ccc(N)c2C1C=O. The Morgan fingerprint density at radius 2 is 2.11 bits per heavy atom. The van der Waals surface area contributed by atoms with Gasteiger partial charge in [-0.3, -0.25) is 9.80 Å². The molecule has 2 N–H and O–H groups in total. The van der Waals surface area contributed by atoms with Gasteiger partial charge in [-0.25, -0.2) is 0 Å². The average molecular weight is 259 g/mol. The highest BCUT2D eigenvalue weighted by Crippen LogP contribution is 2.37. The average Bonchev–Trinajstić information content (AvgIpc) is 3.00. The lowest BCUT2D eigenvalue weighted by atomic mass is 9.98. The van der Waals surface area contributed by atoms with Crippen molar-refractivity contribution in [2.24, 2.45) is 0 Å². The van der Waals surface area contributed by atoms with Crippen LogP contribution in [0, 0.1) is 0 Å². The van der Waals surface area contributed by atoms with Crippen LogP contribution in [0.2, 0.25) is 0 Å². The van der Waals surface area contributed by atoms with Gasteiger partial charge < -0.3 is 10.5 Å². The summed E-state index contributed by atoms with van der Waals surface area (Å²) < 4.78 is 0.